The summed E-state index contributed by atoms with van der Waals surface area (Å²) in [6.45, 7) is 2.97. The molecule has 0 spiro atoms. The van der Waals surface area contributed by atoms with Crippen LogP contribution in [0.15, 0.2) is 76.1 Å². The zero-order valence-corrected chi connectivity index (χ0v) is 24.6. The van der Waals surface area contributed by atoms with E-state index in [1.165, 1.54) is 49.4 Å². The topological polar surface area (TPSA) is 96.0 Å². The van der Waals surface area contributed by atoms with E-state index in [9.17, 15) is 18.0 Å². The molecule has 202 valence electrons. The molecule has 3 rings (SSSR count). The summed E-state index contributed by atoms with van der Waals surface area (Å²) in [5.41, 5.74) is 1.84. The maximum Gasteiger partial charge on any atom is 0.264 e. The Bertz CT molecular complexity index is 1420. The molecule has 0 saturated heterocycles. The molecule has 3 aromatic rings. The second kappa shape index (κ2) is 12.6. The van der Waals surface area contributed by atoms with Crippen LogP contribution in [0.1, 0.15) is 18.1 Å². The highest BCUT2D eigenvalue weighted by atomic mass is 79.9. The number of sulfonamides is 1. The number of methoxy groups -OCH3 is 1. The van der Waals surface area contributed by atoms with E-state index in [-0.39, 0.29) is 28.1 Å². The Labute approximate surface area is 236 Å². The molecule has 8 nitrogen and oxygen atoms in total. The van der Waals surface area contributed by atoms with Gasteiger partial charge in [-0.15, -0.1) is 0 Å². The number of aryl methyl sites for hydroxylation is 1. The summed E-state index contributed by atoms with van der Waals surface area (Å²) in [7, 11) is -1.26. The van der Waals surface area contributed by atoms with Crippen LogP contribution in [0.25, 0.3) is 0 Å². The quantitative estimate of drug-likeness (QED) is 0.351. The molecule has 1 N–H and O–H groups in total. The van der Waals surface area contributed by atoms with Gasteiger partial charge in [-0.1, -0.05) is 57.4 Å². The van der Waals surface area contributed by atoms with E-state index in [2.05, 4.69) is 21.2 Å². The smallest absolute Gasteiger partial charge is 0.264 e. The highest BCUT2D eigenvalue weighted by molar-refractivity contribution is 9.10. The Kier molecular flexibility index (Phi) is 9.81. The predicted octanol–water partition coefficient (Wildman–Crippen LogP) is 4.78. The van der Waals surface area contributed by atoms with Crippen molar-refractivity contribution >= 4 is 55.1 Å². The summed E-state index contributed by atoms with van der Waals surface area (Å²) in [5.74, 6) is -0.587. The molecule has 2 amide bonds. The van der Waals surface area contributed by atoms with E-state index < -0.39 is 28.5 Å². The van der Waals surface area contributed by atoms with Crippen LogP contribution in [0.2, 0.25) is 5.02 Å². The van der Waals surface area contributed by atoms with Crippen LogP contribution in [-0.2, 0) is 26.2 Å². The highest BCUT2D eigenvalue weighted by Crippen LogP contribution is 2.32. The molecule has 0 aliphatic carbocycles. The lowest BCUT2D eigenvalue weighted by molar-refractivity contribution is -0.139. The standard InChI is InChI=1S/C27H29BrClN3O5S/c1-18-8-11-23(12-9-18)38(35,36)32(22-10-13-25(37-4)24(29)15-22)17-26(33)31(19(2)27(34)30-3)16-20-6-5-7-21(28)14-20/h5-15,19H,16-17H2,1-4H3,(H,30,34)/t19-/m1/s1. The third-order valence-electron chi connectivity index (χ3n) is 5.97. The number of carbonyl (C=O) groups excluding carboxylic acids is 2. The monoisotopic (exact) mass is 621 g/mol. The second-order valence-corrected chi connectivity index (χ2v) is 11.8. The molecule has 0 aliphatic rings. The van der Waals surface area contributed by atoms with Crippen LogP contribution in [0.4, 0.5) is 5.69 Å². The molecule has 0 aromatic heterocycles. The third kappa shape index (κ3) is 6.86. The van der Waals surface area contributed by atoms with Gasteiger partial charge >= 0.3 is 0 Å². The van der Waals surface area contributed by atoms with Gasteiger partial charge < -0.3 is 15.0 Å². The fourth-order valence-electron chi connectivity index (χ4n) is 3.80. The van der Waals surface area contributed by atoms with Crippen molar-refractivity contribution < 1.29 is 22.7 Å². The molecule has 0 fully saturated rings. The van der Waals surface area contributed by atoms with E-state index in [0.717, 1.165) is 19.9 Å². The summed E-state index contributed by atoms with van der Waals surface area (Å²) < 4.78 is 34.7. The maximum atomic E-state index is 13.8. The average Bonchev–Trinajstić information content (AvgIpc) is 2.89. The van der Waals surface area contributed by atoms with Crippen LogP contribution in [0.5, 0.6) is 5.75 Å². The van der Waals surface area contributed by atoms with Crippen LogP contribution in [-0.4, -0.2) is 51.9 Å². The maximum absolute atomic E-state index is 13.8. The minimum absolute atomic E-state index is 0.0146. The molecule has 11 heteroatoms. The zero-order chi connectivity index (χ0) is 28.0. The van der Waals surface area contributed by atoms with Gasteiger partial charge in [0, 0.05) is 18.1 Å². The van der Waals surface area contributed by atoms with Crippen molar-refractivity contribution in [3.63, 3.8) is 0 Å². The number of hydrogen-bond acceptors (Lipinski definition) is 5. The van der Waals surface area contributed by atoms with Crippen molar-refractivity contribution in [1.29, 1.82) is 0 Å². The molecule has 0 aliphatic heterocycles. The van der Waals surface area contributed by atoms with Crippen molar-refractivity contribution in [2.24, 2.45) is 0 Å². The van der Waals surface area contributed by atoms with E-state index >= 15 is 0 Å². The molecule has 0 bridgehead atoms. The zero-order valence-electron chi connectivity index (χ0n) is 21.4. The fraction of sp³-hybridized carbons (Fsp3) is 0.259. The number of hydrogen-bond donors (Lipinski definition) is 1. The van der Waals surface area contributed by atoms with Gasteiger partial charge in [0.2, 0.25) is 11.8 Å². The summed E-state index contributed by atoms with van der Waals surface area (Å²) in [5, 5.41) is 2.74. The van der Waals surface area contributed by atoms with Gasteiger partial charge in [-0.25, -0.2) is 8.42 Å². The number of halogens is 2. The number of rotatable bonds is 10. The molecule has 0 heterocycles. The van der Waals surface area contributed by atoms with E-state index in [1.807, 2.05) is 31.2 Å². The van der Waals surface area contributed by atoms with Gasteiger partial charge in [0.05, 0.1) is 22.7 Å². The van der Waals surface area contributed by atoms with Gasteiger partial charge in [0.25, 0.3) is 10.0 Å². The minimum Gasteiger partial charge on any atom is -0.495 e. The van der Waals surface area contributed by atoms with Crippen LogP contribution in [0.3, 0.4) is 0 Å². The number of nitrogens with one attached hydrogen (secondary N) is 1. The Hall–Kier alpha value is -3.08. The van der Waals surface area contributed by atoms with Gasteiger partial charge in [0.15, 0.2) is 0 Å². The lowest BCUT2D eigenvalue weighted by Gasteiger charge is -2.32. The molecule has 0 unspecified atom stereocenters. The minimum atomic E-state index is -4.19. The third-order valence-corrected chi connectivity index (χ3v) is 8.54. The van der Waals surface area contributed by atoms with Gasteiger partial charge in [0.1, 0.15) is 18.3 Å². The van der Waals surface area contributed by atoms with E-state index in [0.29, 0.717) is 5.75 Å². The summed E-state index contributed by atoms with van der Waals surface area (Å²) >= 11 is 9.75. The largest absolute Gasteiger partial charge is 0.495 e. The first-order valence-electron chi connectivity index (χ1n) is 11.7. The Morgan fingerprint density at radius 3 is 2.34 bits per heavy atom. The summed E-state index contributed by atoms with van der Waals surface area (Å²) in [4.78, 5) is 27.7. The fourth-order valence-corrected chi connectivity index (χ4v) is 5.90. The van der Waals surface area contributed by atoms with Gasteiger partial charge in [-0.2, -0.15) is 0 Å². The molecular weight excluding hydrogens is 594 g/mol. The number of anilines is 1. The van der Waals surface area contributed by atoms with E-state index in [1.54, 1.807) is 19.1 Å². The molecular formula is C27H29BrClN3O5S. The number of ether oxygens (including phenoxy) is 1. The molecule has 1 atom stereocenters. The van der Waals surface area contributed by atoms with Gasteiger partial charge in [-0.05, 0) is 61.9 Å². The van der Waals surface area contributed by atoms with Crippen LogP contribution >= 0.6 is 27.5 Å². The van der Waals surface area contributed by atoms with Crippen molar-refractivity contribution in [3.8, 4) is 5.75 Å². The SMILES string of the molecule is CNC(=O)[C@@H](C)N(Cc1cccc(Br)c1)C(=O)CN(c1ccc(OC)c(Cl)c1)S(=O)(=O)c1ccc(C)cc1. The van der Waals surface area contributed by atoms with Crippen molar-refractivity contribution in [2.75, 3.05) is 25.0 Å². The van der Waals surface area contributed by atoms with Crippen LogP contribution < -0.4 is 14.4 Å². The lowest BCUT2D eigenvalue weighted by atomic mass is 10.1. The summed E-state index contributed by atoms with van der Waals surface area (Å²) in [6, 6.07) is 17.3. The number of amides is 2. The number of likely N-dealkylation sites (N-methyl/N-ethyl adjacent to an activating group) is 1. The molecule has 3 aromatic carbocycles. The highest BCUT2D eigenvalue weighted by Gasteiger charge is 2.32. The lowest BCUT2D eigenvalue weighted by Crippen LogP contribution is -2.50. The first-order chi connectivity index (χ1) is 18.0. The molecule has 38 heavy (non-hydrogen) atoms. The number of nitrogens with zero attached hydrogens (tertiary/aromatic N) is 2. The Morgan fingerprint density at radius 1 is 1.08 bits per heavy atom. The average molecular weight is 623 g/mol. The van der Waals surface area contributed by atoms with Crippen LogP contribution in [0, 0.1) is 6.92 Å². The second-order valence-electron chi connectivity index (χ2n) is 8.59. The van der Waals surface area contributed by atoms with Crippen molar-refractivity contribution in [1.82, 2.24) is 10.2 Å². The van der Waals surface area contributed by atoms with E-state index in [4.69, 9.17) is 16.3 Å². The Balaban J connectivity index is 2.07. The summed E-state index contributed by atoms with van der Waals surface area (Å²) in [6.07, 6.45) is 0. The molecule has 0 saturated carbocycles. The first-order valence-corrected chi connectivity index (χ1v) is 14.3. The predicted molar refractivity (Wildman–Crippen MR) is 152 cm³/mol. The normalized spacial score (nSPS) is 11.9. The number of benzene rings is 3. The van der Waals surface area contributed by atoms with Crippen molar-refractivity contribution in [2.45, 2.75) is 31.3 Å². The Morgan fingerprint density at radius 2 is 1.76 bits per heavy atom. The molecule has 0 radical (unpaired) electrons. The van der Waals surface area contributed by atoms with Crippen molar-refractivity contribution in [3.05, 3.63) is 87.4 Å². The number of carbonyl (C=O) groups is 2. The van der Waals surface area contributed by atoms with Gasteiger partial charge in [-0.3, -0.25) is 13.9 Å². The first kappa shape index (κ1) is 29.5.